The van der Waals surface area contributed by atoms with E-state index in [1.807, 2.05) is 0 Å². The second-order valence-electron chi connectivity index (χ2n) is 8.67. The molecule has 0 saturated heterocycles. The van der Waals surface area contributed by atoms with Crippen molar-refractivity contribution < 1.29 is 27.3 Å². The van der Waals surface area contributed by atoms with E-state index in [1.165, 1.54) is 42.1 Å². The second-order valence-corrected chi connectivity index (χ2v) is 10.8. The number of rotatable bonds is 4. The van der Waals surface area contributed by atoms with Crippen LogP contribution in [0.4, 0.5) is 13.2 Å². The minimum Gasteiger partial charge on any atom is -0.609 e. The Hall–Kier alpha value is -3.17. The maximum atomic E-state index is 13.6. The number of carbonyl (C=O) groups excluding carboxylic acids is 2. The van der Waals surface area contributed by atoms with Crippen LogP contribution in [-0.2, 0) is 37.4 Å². The minimum atomic E-state index is -4.66. The average Bonchev–Trinajstić information content (AvgIpc) is 3.23. The van der Waals surface area contributed by atoms with Gasteiger partial charge in [-0.3, -0.25) is 14.4 Å². The first-order valence-corrected chi connectivity index (χ1v) is 13.5. The van der Waals surface area contributed by atoms with Crippen molar-refractivity contribution in [2.24, 2.45) is 7.05 Å². The maximum absolute atomic E-state index is 13.6. The first-order chi connectivity index (χ1) is 17.8. The molecule has 202 valence electrons. The number of hydrogen-bond donors (Lipinski definition) is 1. The first kappa shape index (κ1) is 27.9. The lowest BCUT2D eigenvalue weighted by Gasteiger charge is -2.34. The highest BCUT2D eigenvalue weighted by atomic mass is 79.9. The van der Waals surface area contributed by atoms with E-state index in [0.717, 1.165) is 16.7 Å². The van der Waals surface area contributed by atoms with Crippen molar-refractivity contribution >= 4 is 38.9 Å². The molecule has 2 amide bonds. The molecule has 1 aliphatic rings. The van der Waals surface area contributed by atoms with Gasteiger partial charge in [-0.15, -0.1) is 0 Å². The van der Waals surface area contributed by atoms with Gasteiger partial charge in [0, 0.05) is 46.9 Å². The quantitative estimate of drug-likeness (QED) is 0.355. The van der Waals surface area contributed by atoms with Crippen LogP contribution in [-0.4, -0.2) is 59.7 Å². The summed E-state index contributed by atoms with van der Waals surface area (Å²) in [5.74, 6) is -0.943. The van der Waals surface area contributed by atoms with Crippen molar-refractivity contribution in [1.29, 1.82) is 0 Å². The molecule has 0 spiro atoms. The number of alkyl halides is 3. The summed E-state index contributed by atoms with van der Waals surface area (Å²) in [7, 11) is 2.96. The molecule has 2 aromatic heterocycles. The van der Waals surface area contributed by atoms with E-state index >= 15 is 0 Å². The number of halogens is 4. The van der Waals surface area contributed by atoms with E-state index in [-0.39, 0.29) is 51.1 Å². The summed E-state index contributed by atoms with van der Waals surface area (Å²) >= 11 is 1.10. The predicted molar refractivity (Wildman–Crippen MR) is 135 cm³/mol. The Morgan fingerprint density at radius 3 is 2.58 bits per heavy atom. The number of nitrogens with zero attached hydrogens (tertiary/aromatic N) is 5. The molecule has 2 atom stereocenters. The zero-order valence-corrected chi connectivity index (χ0v) is 23.0. The maximum Gasteiger partial charge on any atom is 0.417 e. The molecule has 3 heterocycles. The lowest BCUT2D eigenvalue weighted by Crippen LogP contribution is -2.46. The fourth-order valence-electron chi connectivity index (χ4n) is 4.28. The van der Waals surface area contributed by atoms with Gasteiger partial charge in [0.1, 0.15) is 12.1 Å². The lowest BCUT2D eigenvalue weighted by molar-refractivity contribution is -0.138. The van der Waals surface area contributed by atoms with Crippen molar-refractivity contribution in [2.45, 2.75) is 37.3 Å². The van der Waals surface area contributed by atoms with Crippen molar-refractivity contribution in [3.63, 3.8) is 0 Å². The number of amides is 2. The van der Waals surface area contributed by atoms with Crippen LogP contribution < -0.4 is 10.9 Å². The molecule has 0 aliphatic carbocycles. The summed E-state index contributed by atoms with van der Waals surface area (Å²) in [6.07, 6.45) is -1.97. The third-order valence-electron chi connectivity index (χ3n) is 6.24. The summed E-state index contributed by atoms with van der Waals surface area (Å²) < 4.78 is 55.1. The van der Waals surface area contributed by atoms with Gasteiger partial charge in [-0.05, 0) is 31.5 Å². The molecule has 1 unspecified atom stereocenters. The number of benzene rings is 1. The number of fused-ring (bicyclic) bond motifs is 1. The van der Waals surface area contributed by atoms with E-state index in [2.05, 4.69) is 31.2 Å². The third-order valence-corrected chi connectivity index (χ3v) is 7.72. The Balaban J connectivity index is 1.78. The van der Waals surface area contributed by atoms with Crippen molar-refractivity contribution in [1.82, 2.24) is 29.3 Å². The molecule has 3 aromatic rings. The second kappa shape index (κ2) is 10.2. The van der Waals surface area contributed by atoms with Crippen LogP contribution >= 0.6 is 15.9 Å². The SMILES string of the molecule is CNC(=O)c1ncc(-n2c([S+](C)[O-])nc3c(c2=O)C[C@@H](C)N(C(=O)c2ccc(Br)c(C(F)(F)F)c2)C3)n1C. The van der Waals surface area contributed by atoms with Crippen LogP contribution in [0.15, 0.2) is 38.8 Å². The zero-order chi connectivity index (χ0) is 28.1. The van der Waals surface area contributed by atoms with Gasteiger partial charge in [0.2, 0.25) is 0 Å². The van der Waals surface area contributed by atoms with E-state index < -0.39 is 46.3 Å². The van der Waals surface area contributed by atoms with Crippen molar-refractivity contribution in [3.8, 4) is 5.82 Å². The van der Waals surface area contributed by atoms with Crippen LogP contribution in [0.1, 0.15) is 44.7 Å². The molecule has 4 rings (SSSR count). The summed E-state index contributed by atoms with van der Waals surface area (Å²) in [6.45, 7) is 1.51. The third kappa shape index (κ3) is 4.85. The van der Waals surface area contributed by atoms with E-state index in [0.29, 0.717) is 0 Å². The van der Waals surface area contributed by atoms with Crippen LogP contribution in [0.5, 0.6) is 0 Å². The topological polar surface area (TPSA) is 125 Å². The highest BCUT2D eigenvalue weighted by Crippen LogP contribution is 2.36. The Bertz CT molecular complexity index is 1500. The van der Waals surface area contributed by atoms with Crippen LogP contribution in [0.25, 0.3) is 5.82 Å². The van der Waals surface area contributed by atoms with Gasteiger partial charge in [-0.2, -0.15) is 18.2 Å². The smallest absolute Gasteiger partial charge is 0.417 e. The molecule has 0 fully saturated rings. The molecule has 1 N–H and O–H groups in total. The zero-order valence-electron chi connectivity index (χ0n) is 20.6. The van der Waals surface area contributed by atoms with Crippen LogP contribution in [0.2, 0.25) is 0 Å². The molecule has 1 aromatic carbocycles. The number of aromatic nitrogens is 4. The summed E-state index contributed by atoms with van der Waals surface area (Å²) in [4.78, 5) is 48.8. The lowest BCUT2D eigenvalue weighted by atomic mass is 9.98. The van der Waals surface area contributed by atoms with E-state index in [4.69, 9.17) is 0 Å². The monoisotopic (exact) mass is 614 g/mol. The standard InChI is InChI=1S/C23H22BrF3N6O4S/c1-11-7-13-16(10-32(11)20(35)12-5-6-15(24)14(8-12)23(25,26)27)30-22(38(4)37)33(21(13)36)17-9-29-18(31(17)3)19(34)28-2/h5-6,8-9,11H,7,10H2,1-4H3,(H,28,34)/t11-,38?/m1/s1. The van der Waals surface area contributed by atoms with Crippen molar-refractivity contribution in [3.05, 3.63) is 67.4 Å². The van der Waals surface area contributed by atoms with Crippen LogP contribution in [0.3, 0.4) is 0 Å². The van der Waals surface area contributed by atoms with E-state index in [9.17, 15) is 32.1 Å². The Labute approximate surface area is 226 Å². The molecular weight excluding hydrogens is 593 g/mol. The molecule has 15 heteroatoms. The molecular formula is C23H22BrF3N6O4S. The number of hydrogen-bond acceptors (Lipinski definition) is 6. The fraction of sp³-hybridized carbons (Fsp3) is 0.348. The highest BCUT2D eigenvalue weighted by molar-refractivity contribution is 9.10. The fourth-order valence-corrected chi connectivity index (χ4v) is 5.42. The molecule has 38 heavy (non-hydrogen) atoms. The summed E-state index contributed by atoms with van der Waals surface area (Å²) in [6, 6.07) is 2.67. The summed E-state index contributed by atoms with van der Waals surface area (Å²) in [5.41, 5.74) is -1.21. The van der Waals surface area contributed by atoms with Crippen molar-refractivity contribution in [2.75, 3.05) is 13.3 Å². The normalized spacial score (nSPS) is 16.2. The first-order valence-electron chi connectivity index (χ1n) is 11.2. The van der Waals surface area contributed by atoms with Gasteiger partial charge in [0.05, 0.1) is 24.0 Å². The predicted octanol–water partition coefficient (Wildman–Crippen LogP) is 2.43. The van der Waals surface area contributed by atoms with Gasteiger partial charge in [0.15, 0.2) is 5.82 Å². The molecule has 0 saturated carbocycles. The molecule has 10 nitrogen and oxygen atoms in total. The Kier molecular flexibility index (Phi) is 7.47. The Morgan fingerprint density at radius 2 is 1.97 bits per heavy atom. The van der Waals surface area contributed by atoms with Gasteiger partial charge >= 0.3 is 11.3 Å². The highest BCUT2D eigenvalue weighted by Gasteiger charge is 2.37. The van der Waals surface area contributed by atoms with E-state index in [1.54, 1.807) is 6.92 Å². The van der Waals surface area contributed by atoms with Gasteiger partial charge in [-0.1, -0.05) is 15.9 Å². The largest absolute Gasteiger partial charge is 0.609 e. The van der Waals surface area contributed by atoms with Crippen LogP contribution in [0, 0.1) is 0 Å². The Morgan fingerprint density at radius 1 is 1.29 bits per heavy atom. The van der Waals surface area contributed by atoms with Gasteiger partial charge in [0.25, 0.3) is 17.4 Å². The minimum absolute atomic E-state index is 0.0258. The van der Waals surface area contributed by atoms with Gasteiger partial charge < -0.3 is 19.3 Å². The average molecular weight is 615 g/mol. The molecule has 0 radical (unpaired) electrons. The summed E-state index contributed by atoms with van der Waals surface area (Å²) in [5, 5.41) is 2.33. The molecule has 0 bridgehead atoms. The molecule has 1 aliphatic heterocycles. The number of nitrogens with one attached hydrogen (secondary N) is 1. The van der Waals surface area contributed by atoms with Gasteiger partial charge in [-0.25, -0.2) is 9.55 Å². The number of carbonyl (C=O) groups is 2. The number of imidazole rings is 1.